The van der Waals surface area contributed by atoms with Gasteiger partial charge in [0.25, 0.3) is 0 Å². The SMILES string of the molecule is CCSCCC(C)n1c(=S)[nH]c2c(OC)cccc21. The Kier molecular flexibility index (Phi) is 4.93. The van der Waals surface area contributed by atoms with Crippen molar-refractivity contribution in [1.82, 2.24) is 9.55 Å². The molecule has 0 aliphatic carbocycles. The Balaban J connectivity index is 2.37. The molecule has 0 radical (unpaired) electrons. The number of hydrogen-bond donors (Lipinski definition) is 1. The summed E-state index contributed by atoms with van der Waals surface area (Å²) in [5.41, 5.74) is 2.11. The number of aromatic nitrogens is 2. The van der Waals surface area contributed by atoms with Crippen molar-refractivity contribution in [3.8, 4) is 5.75 Å². The summed E-state index contributed by atoms with van der Waals surface area (Å²) in [7, 11) is 1.68. The molecule has 19 heavy (non-hydrogen) atoms. The van der Waals surface area contributed by atoms with Crippen LogP contribution in [0.4, 0.5) is 0 Å². The van der Waals surface area contributed by atoms with Crippen LogP contribution in [0.3, 0.4) is 0 Å². The van der Waals surface area contributed by atoms with E-state index in [2.05, 4.69) is 29.5 Å². The normalized spacial score (nSPS) is 12.8. The van der Waals surface area contributed by atoms with E-state index in [0.717, 1.165) is 33.7 Å². The van der Waals surface area contributed by atoms with Crippen LogP contribution in [0.15, 0.2) is 18.2 Å². The van der Waals surface area contributed by atoms with Crippen molar-refractivity contribution in [3.63, 3.8) is 0 Å². The van der Waals surface area contributed by atoms with Crippen LogP contribution >= 0.6 is 24.0 Å². The van der Waals surface area contributed by atoms with Gasteiger partial charge >= 0.3 is 0 Å². The van der Waals surface area contributed by atoms with Gasteiger partial charge in [-0.2, -0.15) is 11.8 Å². The monoisotopic (exact) mass is 296 g/mol. The number of methoxy groups -OCH3 is 1. The summed E-state index contributed by atoms with van der Waals surface area (Å²) in [6.45, 7) is 4.41. The van der Waals surface area contributed by atoms with E-state index in [-0.39, 0.29) is 0 Å². The summed E-state index contributed by atoms with van der Waals surface area (Å²) in [5, 5.41) is 0. The Morgan fingerprint density at radius 1 is 1.47 bits per heavy atom. The molecule has 0 bridgehead atoms. The predicted molar refractivity (Wildman–Crippen MR) is 86.0 cm³/mol. The maximum absolute atomic E-state index is 5.46. The van der Waals surface area contributed by atoms with Gasteiger partial charge in [-0.25, -0.2) is 0 Å². The van der Waals surface area contributed by atoms with Gasteiger partial charge in [0, 0.05) is 6.04 Å². The molecule has 1 aromatic heterocycles. The number of rotatable bonds is 6. The highest BCUT2D eigenvalue weighted by molar-refractivity contribution is 7.99. The van der Waals surface area contributed by atoms with E-state index >= 15 is 0 Å². The van der Waals surface area contributed by atoms with E-state index in [1.807, 2.05) is 23.9 Å². The van der Waals surface area contributed by atoms with E-state index in [1.165, 1.54) is 5.75 Å². The number of para-hydroxylation sites is 1. The van der Waals surface area contributed by atoms with Gasteiger partial charge in [0.15, 0.2) is 4.77 Å². The molecule has 1 atom stereocenters. The third kappa shape index (κ3) is 2.98. The van der Waals surface area contributed by atoms with Gasteiger partial charge in [-0.05, 0) is 49.2 Å². The first kappa shape index (κ1) is 14.5. The number of hydrogen-bond acceptors (Lipinski definition) is 3. The van der Waals surface area contributed by atoms with Gasteiger partial charge in [-0.1, -0.05) is 13.0 Å². The van der Waals surface area contributed by atoms with E-state index in [4.69, 9.17) is 17.0 Å². The summed E-state index contributed by atoms with van der Waals surface area (Å²) in [6.07, 6.45) is 1.12. The summed E-state index contributed by atoms with van der Waals surface area (Å²) in [6, 6.07) is 6.45. The summed E-state index contributed by atoms with van der Waals surface area (Å²) in [5.74, 6) is 3.17. The molecule has 0 aliphatic heterocycles. The minimum Gasteiger partial charge on any atom is -0.494 e. The van der Waals surface area contributed by atoms with Crippen LogP contribution in [-0.2, 0) is 0 Å². The van der Waals surface area contributed by atoms with Crippen LogP contribution in [0.5, 0.6) is 5.75 Å². The number of nitrogens with one attached hydrogen (secondary N) is 1. The van der Waals surface area contributed by atoms with Crippen molar-refractivity contribution in [2.75, 3.05) is 18.6 Å². The minimum absolute atomic E-state index is 0.396. The number of benzene rings is 1. The average Bonchev–Trinajstić information content (AvgIpc) is 2.74. The van der Waals surface area contributed by atoms with Gasteiger partial charge in [0.1, 0.15) is 11.3 Å². The van der Waals surface area contributed by atoms with E-state index in [9.17, 15) is 0 Å². The van der Waals surface area contributed by atoms with Crippen molar-refractivity contribution in [3.05, 3.63) is 23.0 Å². The molecule has 2 rings (SSSR count). The highest BCUT2D eigenvalue weighted by Gasteiger charge is 2.13. The fourth-order valence-electron chi connectivity index (χ4n) is 2.26. The highest BCUT2D eigenvalue weighted by atomic mass is 32.2. The number of H-pyrrole nitrogens is 1. The molecule has 0 spiro atoms. The number of nitrogens with zero attached hydrogens (tertiary/aromatic N) is 1. The average molecular weight is 296 g/mol. The zero-order valence-electron chi connectivity index (χ0n) is 11.6. The highest BCUT2D eigenvalue weighted by Crippen LogP contribution is 2.28. The Bertz CT molecular complexity index is 603. The number of aromatic amines is 1. The predicted octanol–water partition coefficient (Wildman–Crippen LogP) is 4.41. The molecule has 0 fully saturated rings. The van der Waals surface area contributed by atoms with Crippen molar-refractivity contribution >= 4 is 35.0 Å². The lowest BCUT2D eigenvalue weighted by Crippen LogP contribution is -2.06. The number of fused-ring (bicyclic) bond motifs is 1. The van der Waals surface area contributed by atoms with Crippen LogP contribution in [-0.4, -0.2) is 28.2 Å². The van der Waals surface area contributed by atoms with Crippen LogP contribution in [0.2, 0.25) is 0 Å². The van der Waals surface area contributed by atoms with E-state index in [1.54, 1.807) is 7.11 Å². The van der Waals surface area contributed by atoms with Gasteiger partial charge in [-0.15, -0.1) is 0 Å². The third-order valence-corrected chi connectivity index (χ3v) is 4.49. The summed E-state index contributed by atoms with van der Waals surface area (Å²) in [4.78, 5) is 3.26. The van der Waals surface area contributed by atoms with E-state index in [0.29, 0.717) is 6.04 Å². The van der Waals surface area contributed by atoms with Crippen LogP contribution in [0.1, 0.15) is 26.3 Å². The van der Waals surface area contributed by atoms with Gasteiger partial charge < -0.3 is 14.3 Å². The van der Waals surface area contributed by atoms with Gasteiger partial charge in [0.05, 0.1) is 12.6 Å². The molecule has 1 heterocycles. The molecule has 0 saturated heterocycles. The number of thioether (sulfide) groups is 1. The van der Waals surface area contributed by atoms with Crippen LogP contribution in [0.25, 0.3) is 11.0 Å². The Morgan fingerprint density at radius 3 is 2.95 bits per heavy atom. The largest absolute Gasteiger partial charge is 0.494 e. The van der Waals surface area contributed by atoms with Gasteiger partial charge in [-0.3, -0.25) is 0 Å². The number of ether oxygens (including phenoxy) is 1. The zero-order valence-corrected chi connectivity index (χ0v) is 13.2. The molecule has 1 N–H and O–H groups in total. The van der Waals surface area contributed by atoms with Crippen molar-refractivity contribution in [1.29, 1.82) is 0 Å². The van der Waals surface area contributed by atoms with E-state index < -0.39 is 0 Å². The van der Waals surface area contributed by atoms with Crippen LogP contribution in [0, 0.1) is 4.77 Å². The lowest BCUT2D eigenvalue weighted by atomic mass is 10.2. The molecule has 3 nitrogen and oxygen atoms in total. The Hall–Kier alpha value is -0.940. The molecule has 0 saturated carbocycles. The molecule has 2 aromatic rings. The Morgan fingerprint density at radius 2 is 2.26 bits per heavy atom. The lowest BCUT2D eigenvalue weighted by molar-refractivity contribution is 0.419. The van der Waals surface area contributed by atoms with Crippen molar-refractivity contribution in [2.24, 2.45) is 0 Å². The van der Waals surface area contributed by atoms with Crippen molar-refractivity contribution < 1.29 is 4.74 Å². The maximum atomic E-state index is 5.46. The summed E-state index contributed by atoms with van der Waals surface area (Å²) < 4.78 is 8.35. The quantitative estimate of drug-likeness (QED) is 0.632. The first-order valence-corrected chi connectivity index (χ1v) is 8.10. The maximum Gasteiger partial charge on any atom is 0.178 e. The van der Waals surface area contributed by atoms with Crippen LogP contribution < -0.4 is 4.74 Å². The first-order chi connectivity index (χ1) is 9.19. The van der Waals surface area contributed by atoms with Gasteiger partial charge in [0.2, 0.25) is 0 Å². The Labute approximate surface area is 123 Å². The second kappa shape index (κ2) is 6.48. The number of imidazole rings is 1. The molecule has 0 aliphatic rings. The molecule has 1 aromatic carbocycles. The summed E-state index contributed by atoms with van der Waals surface area (Å²) >= 11 is 7.43. The second-order valence-corrected chi connectivity index (χ2v) is 6.27. The minimum atomic E-state index is 0.396. The zero-order chi connectivity index (χ0) is 13.8. The lowest BCUT2D eigenvalue weighted by Gasteiger charge is -2.14. The standard InChI is InChI=1S/C14H20N2OS2/c1-4-19-9-8-10(2)16-11-6-5-7-12(17-3)13(11)15-14(16)18/h5-7,10H,4,8-9H2,1-3H3,(H,15,18). The molecule has 5 heteroatoms. The first-order valence-electron chi connectivity index (χ1n) is 6.54. The second-order valence-electron chi connectivity index (χ2n) is 4.49. The fraction of sp³-hybridized carbons (Fsp3) is 0.500. The molecule has 0 amide bonds. The van der Waals surface area contributed by atoms with Crippen molar-refractivity contribution in [2.45, 2.75) is 26.3 Å². The molecule has 1 unspecified atom stereocenters. The topological polar surface area (TPSA) is 29.9 Å². The fourth-order valence-corrected chi connectivity index (χ4v) is 3.43. The third-order valence-electron chi connectivity index (χ3n) is 3.26. The molecule has 104 valence electrons. The molecular formula is C14H20N2OS2. The molecular weight excluding hydrogens is 276 g/mol. The smallest absolute Gasteiger partial charge is 0.178 e.